The third-order valence-corrected chi connectivity index (χ3v) is 3.69. The normalized spacial score (nSPS) is 11.7. The van der Waals surface area contributed by atoms with Crippen LogP contribution in [0.1, 0.15) is 16.3 Å². The van der Waals surface area contributed by atoms with E-state index in [0.29, 0.717) is 11.4 Å². The maximum atomic E-state index is 12.4. The Labute approximate surface area is 141 Å². The van der Waals surface area contributed by atoms with E-state index in [9.17, 15) is 18.0 Å². The van der Waals surface area contributed by atoms with Crippen molar-refractivity contribution in [3.63, 3.8) is 0 Å². The molecule has 0 saturated heterocycles. The van der Waals surface area contributed by atoms with Gasteiger partial charge in [-0.05, 0) is 37.3 Å². The van der Waals surface area contributed by atoms with Gasteiger partial charge in [0, 0.05) is 11.5 Å². The molecular formula is C16H15F3N2O2S. The second kappa shape index (κ2) is 7.96. The minimum atomic E-state index is -4.37. The molecule has 0 spiro atoms. The fraction of sp³-hybridized carbons (Fsp3) is 0.250. The lowest BCUT2D eigenvalue weighted by Gasteiger charge is -2.09. The number of carbonyl (C=O) groups is 1. The number of nitrogens with one attached hydrogen (secondary N) is 1. The van der Waals surface area contributed by atoms with Gasteiger partial charge in [0.05, 0.1) is 22.8 Å². The highest BCUT2D eigenvalue weighted by molar-refractivity contribution is 7.09. The van der Waals surface area contributed by atoms with Gasteiger partial charge in [0.25, 0.3) is 0 Å². The largest absolute Gasteiger partial charge is 0.492 e. The Morgan fingerprint density at radius 2 is 2.04 bits per heavy atom. The first-order valence-electron chi connectivity index (χ1n) is 7.03. The molecule has 0 saturated carbocycles. The number of halogens is 3. The third kappa shape index (κ3) is 5.69. The van der Waals surface area contributed by atoms with Gasteiger partial charge >= 0.3 is 6.18 Å². The van der Waals surface area contributed by atoms with Crippen LogP contribution < -0.4 is 10.1 Å². The lowest BCUT2D eigenvalue weighted by Crippen LogP contribution is -2.26. The Morgan fingerprint density at radius 3 is 2.62 bits per heavy atom. The number of ether oxygens (including phenoxy) is 1. The van der Waals surface area contributed by atoms with Crippen molar-refractivity contribution >= 4 is 23.3 Å². The van der Waals surface area contributed by atoms with E-state index in [1.54, 1.807) is 6.08 Å². The maximum Gasteiger partial charge on any atom is 0.416 e. The number of rotatable bonds is 6. The summed E-state index contributed by atoms with van der Waals surface area (Å²) < 4.78 is 42.5. The Morgan fingerprint density at radius 1 is 1.33 bits per heavy atom. The topological polar surface area (TPSA) is 51.2 Å². The molecule has 0 atom stereocenters. The Balaban J connectivity index is 1.70. The summed E-state index contributed by atoms with van der Waals surface area (Å²) in [4.78, 5) is 15.8. The molecule has 4 nitrogen and oxygen atoms in total. The van der Waals surface area contributed by atoms with Gasteiger partial charge in [0.2, 0.25) is 5.91 Å². The first-order chi connectivity index (χ1) is 11.3. The highest BCUT2D eigenvalue weighted by Crippen LogP contribution is 2.30. The second-order valence-electron chi connectivity index (χ2n) is 4.79. The number of carbonyl (C=O) groups excluding carboxylic acids is 1. The summed E-state index contributed by atoms with van der Waals surface area (Å²) >= 11 is 1.49. The zero-order valence-electron chi connectivity index (χ0n) is 12.8. The Kier molecular flexibility index (Phi) is 5.97. The van der Waals surface area contributed by atoms with E-state index in [1.165, 1.54) is 29.5 Å². The van der Waals surface area contributed by atoms with Crippen LogP contribution >= 0.6 is 11.3 Å². The molecule has 0 aliphatic heterocycles. The van der Waals surface area contributed by atoms with Gasteiger partial charge in [-0.3, -0.25) is 4.79 Å². The summed E-state index contributed by atoms with van der Waals surface area (Å²) in [7, 11) is 0. The number of hydrogen-bond acceptors (Lipinski definition) is 4. The number of nitrogens with zero attached hydrogens (tertiary/aromatic N) is 1. The summed E-state index contributed by atoms with van der Waals surface area (Å²) in [6.45, 7) is 2.27. The molecule has 0 aliphatic carbocycles. The molecule has 1 heterocycles. The molecule has 8 heteroatoms. The monoisotopic (exact) mass is 356 g/mol. The average Bonchev–Trinajstić information content (AvgIpc) is 2.95. The van der Waals surface area contributed by atoms with Gasteiger partial charge in [0.1, 0.15) is 12.4 Å². The van der Waals surface area contributed by atoms with Crippen molar-refractivity contribution in [2.75, 3.05) is 13.2 Å². The number of amides is 1. The van der Waals surface area contributed by atoms with Crippen molar-refractivity contribution in [1.82, 2.24) is 10.3 Å². The van der Waals surface area contributed by atoms with Gasteiger partial charge in [-0.1, -0.05) is 0 Å². The molecule has 0 bridgehead atoms. The predicted molar refractivity (Wildman–Crippen MR) is 85.8 cm³/mol. The first-order valence-corrected chi connectivity index (χ1v) is 7.90. The summed E-state index contributed by atoms with van der Waals surface area (Å²) in [6.07, 6.45) is -1.39. The zero-order chi connectivity index (χ0) is 17.6. The van der Waals surface area contributed by atoms with Crippen LogP contribution in [0, 0.1) is 6.92 Å². The lowest BCUT2D eigenvalue weighted by molar-refractivity contribution is -0.137. The van der Waals surface area contributed by atoms with Crippen LogP contribution in [0.4, 0.5) is 13.2 Å². The number of aromatic nitrogens is 1. The number of thiazole rings is 1. The van der Waals surface area contributed by atoms with Crippen molar-refractivity contribution in [3.8, 4) is 5.75 Å². The van der Waals surface area contributed by atoms with Crippen molar-refractivity contribution in [3.05, 3.63) is 52.0 Å². The Bertz CT molecular complexity index is 709. The van der Waals surface area contributed by atoms with E-state index in [-0.39, 0.29) is 19.1 Å². The second-order valence-corrected chi connectivity index (χ2v) is 5.85. The van der Waals surface area contributed by atoms with Gasteiger partial charge in [0.15, 0.2) is 0 Å². The quantitative estimate of drug-likeness (QED) is 0.635. The number of benzene rings is 1. The average molecular weight is 356 g/mol. The van der Waals surface area contributed by atoms with Crippen molar-refractivity contribution in [2.24, 2.45) is 0 Å². The maximum absolute atomic E-state index is 12.4. The van der Waals surface area contributed by atoms with Crippen molar-refractivity contribution in [2.45, 2.75) is 13.1 Å². The molecule has 1 aromatic carbocycles. The van der Waals surface area contributed by atoms with E-state index in [4.69, 9.17) is 4.74 Å². The van der Waals surface area contributed by atoms with E-state index >= 15 is 0 Å². The fourth-order valence-corrected chi connectivity index (χ4v) is 2.34. The molecule has 1 amide bonds. The minimum Gasteiger partial charge on any atom is -0.492 e. The molecule has 0 radical (unpaired) electrons. The van der Waals surface area contributed by atoms with Crippen LogP contribution in [0.25, 0.3) is 6.08 Å². The van der Waals surface area contributed by atoms with Gasteiger partial charge in [-0.25, -0.2) is 4.98 Å². The minimum absolute atomic E-state index is 0.154. The third-order valence-electron chi connectivity index (χ3n) is 2.89. The summed E-state index contributed by atoms with van der Waals surface area (Å²) in [5.74, 6) is 0.0161. The molecule has 0 unspecified atom stereocenters. The summed E-state index contributed by atoms with van der Waals surface area (Å²) in [6, 6.07) is 4.39. The number of aryl methyl sites for hydroxylation is 1. The number of hydrogen-bond donors (Lipinski definition) is 1. The van der Waals surface area contributed by atoms with Crippen LogP contribution in [-0.4, -0.2) is 24.0 Å². The zero-order valence-corrected chi connectivity index (χ0v) is 13.6. The van der Waals surface area contributed by atoms with E-state index < -0.39 is 11.7 Å². The van der Waals surface area contributed by atoms with Crippen molar-refractivity contribution < 1.29 is 22.7 Å². The molecule has 2 aromatic rings. The van der Waals surface area contributed by atoms with Crippen molar-refractivity contribution in [1.29, 1.82) is 0 Å². The van der Waals surface area contributed by atoms with E-state index in [0.717, 1.165) is 17.1 Å². The van der Waals surface area contributed by atoms with Crippen LogP contribution in [0.15, 0.2) is 35.7 Å². The highest BCUT2D eigenvalue weighted by Gasteiger charge is 2.29. The van der Waals surface area contributed by atoms with Gasteiger partial charge in [-0.2, -0.15) is 13.2 Å². The van der Waals surface area contributed by atoms with E-state index in [2.05, 4.69) is 10.3 Å². The number of alkyl halides is 3. The lowest BCUT2D eigenvalue weighted by atomic mass is 10.2. The molecule has 1 N–H and O–H groups in total. The smallest absolute Gasteiger partial charge is 0.416 e. The van der Waals surface area contributed by atoms with Crippen LogP contribution in [-0.2, 0) is 11.0 Å². The van der Waals surface area contributed by atoms with Crippen LogP contribution in [0.2, 0.25) is 0 Å². The van der Waals surface area contributed by atoms with Crippen LogP contribution in [0.3, 0.4) is 0 Å². The molecule has 1 aromatic heterocycles. The molecule has 128 valence electrons. The predicted octanol–water partition coefficient (Wildman–Crippen LogP) is 3.68. The summed E-state index contributed by atoms with van der Waals surface area (Å²) in [5, 5.41) is 5.37. The SMILES string of the molecule is Cc1nc(/C=C/C(=O)NCCOc2ccc(C(F)(F)F)cc2)cs1. The van der Waals surface area contributed by atoms with E-state index in [1.807, 2.05) is 12.3 Å². The standard InChI is InChI=1S/C16H15F3N2O2S/c1-11-21-13(10-24-11)4-7-15(22)20-8-9-23-14-5-2-12(3-6-14)16(17,18)19/h2-7,10H,8-9H2,1H3,(H,20,22)/b7-4+. The van der Waals surface area contributed by atoms with Gasteiger partial charge in [-0.15, -0.1) is 11.3 Å². The highest BCUT2D eigenvalue weighted by atomic mass is 32.1. The Hall–Kier alpha value is -2.35. The summed E-state index contributed by atoms with van der Waals surface area (Å²) in [5.41, 5.74) is -0.0146. The first kappa shape index (κ1) is 18.0. The molecule has 2 rings (SSSR count). The van der Waals surface area contributed by atoms with Crippen LogP contribution in [0.5, 0.6) is 5.75 Å². The van der Waals surface area contributed by atoms with Gasteiger partial charge < -0.3 is 10.1 Å². The fourth-order valence-electron chi connectivity index (χ4n) is 1.76. The molecule has 0 fully saturated rings. The molecular weight excluding hydrogens is 341 g/mol. The molecule has 0 aliphatic rings. The molecule has 24 heavy (non-hydrogen) atoms.